The summed E-state index contributed by atoms with van der Waals surface area (Å²) in [6.45, 7) is 1.60. The van der Waals surface area contributed by atoms with E-state index in [2.05, 4.69) is 4.98 Å². The Morgan fingerprint density at radius 2 is 1.82 bits per heavy atom. The molecule has 1 fully saturated rings. The Morgan fingerprint density at radius 3 is 2.40 bits per heavy atom. The molecule has 1 aromatic heterocycles. The second-order valence-electron chi connectivity index (χ2n) is 9.42. The number of carboxylic acid groups (broad SMARTS) is 1. The number of rotatable bonds is 10. The number of aryl methyl sites for hydroxylation is 1. The maximum atomic E-state index is 14.3. The lowest BCUT2D eigenvalue weighted by Crippen LogP contribution is -2.11. The topological polar surface area (TPSA) is 103 Å². The average molecular weight is 584 g/mol. The summed E-state index contributed by atoms with van der Waals surface area (Å²) < 4.78 is 88.8. The van der Waals surface area contributed by atoms with Gasteiger partial charge in [-0.2, -0.15) is 13.2 Å². The van der Waals surface area contributed by atoms with Crippen molar-refractivity contribution in [3.63, 3.8) is 0 Å². The number of sulfone groups is 1. The second kappa shape index (κ2) is 13.1. The summed E-state index contributed by atoms with van der Waals surface area (Å²) in [7, 11) is -3.21. The zero-order chi connectivity index (χ0) is 29.5. The van der Waals surface area contributed by atoms with Crippen molar-refractivity contribution in [3.05, 3.63) is 77.2 Å². The monoisotopic (exact) mass is 583 g/mol. The summed E-state index contributed by atoms with van der Waals surface area (Å²) in [6, 6.07) is 11.5. The van der Waals surface area contributed by atoms with Gasteiger partial charge in [-0.25, -0.2) is 17.8 Å². The van der Waals surface area contributed by atoms with Gasteiger partial charge in [-0.3, -0.25) is 4.79 Å². The molecular formula is C28H29F4NO6S. The van der Waals surface area contributed by atoms with E-state index in [0.29, 0.717) is 5.75 Å². The Hall–Kier alpha value is -3.67. The molecule has 0 bridgehead atoms. The molecule has 216 valence electrons. The summed E-state index contributed by atoms with van der Waals surface area (Å²) in [5, 5.41) is 8.05. The van der Waals surface area contributed by atoms with Crippen molar-refractivity contribution in [2.24, 2.45) is 5.92 Å². The number of pyridine rings is 1. The molecular weight excluding hydrogens is 554 g/mol. The van der Waals surface area contributed by atoms with Gasteiger partial charge in [0.1, 0.15) is 28.0 Å². The summed E-state index contributed by atoms with van der Waals surface area (Å²) in [4.78, 5) is 13.7. The van der Waals surface area contributed by atoms with E-state index < -0.39 is 33.4 Å². The molecule has 0 unspecified atom stereocenters. The van der Waals surface area contributed by atoms with Gasteiger partial charge in [-0.15, -0.1) is 0 Å². The lowest BCUT2D eigenvalue weighted by molar-refractivity contribution is -0.138. The first-order valence-electron chi connectivity index (χ1n) is 12.3. The molecule has 12 heteroatoms. The van der Waals surface area contributed by atoms with Crippen LogP contribution in [0.3, 0.4) is 0 Å². The van der Waals surface area contributed by atoms with Crippen molar-refractivity contribution in [1.82, 2.24) is 4.98 Å². The largest absolute Gasteiger partial charge is 0.489 e. The van der Waals surface area contributed by atoms with E-state index in [4.69, 9.17) is 14.6 Å². The fourth-order valence-electron chi connectivity index (χ4n) is 3.53. The van der Waals surface area contributed by atoms with Gasteiger partial charge in [0.25, 0.3) is 0 Å². The number of nitrogens with zero attached hydrogens (tertiary/aromatic N) is 1. The Labute approximate surface area is 229 Å². The van der Waals surface area contributed by atoms with Crippen molar-refractivity contribution < 1.29 is 45.4 Å². The maximum absolute atomic E-state index is 14.3. The minimum atomic E-state index is -4.73. The number of carboxylic acids is 1. The van der Waals surface area contributed by atoms with Gasteiger partial charge in [0.15, 0.2) is 0 Å². The van der Waals surface area contributed by atoms with Crippen LogP contribution in [-0.2, 0) is 27.4 Å². The fourth-order valence-corrected chi connectivity index (χ4v) is 4.17. The van der Waals surface area contributed by atoms with E-state index in [1.807, 2.05) is 13.0 Å². The van der Waals surface area contributed by atoms with Crippen LogP contribution in [0.4, 0.5) is 17.6 Å². The zero-order valence-corrected chi connectivity index (χ0v) is 22.7. The highest BCUT2D eigenvalue weighted by Gasteiger charge is 2.35. The van der Waals surface area contributed by atoms with Crippen LogP contribution >= 0.6 is 0 Å². The van der Waals surface area contributed by atoms with Crippen LogP contribution in [0.15, 0.2) is 54.7 Å². The first kappa shape index (κ1) is 30.9. The number of ether oxygens (including phenoxy) is 2. The van der Waals surface area contributed by atoms with Gasteiger partial charge >= 0.3 is 12.1 Å². The highest BCUT2D eigenvalue weighted by molar-refractivity contribution is 7.90. The van der Waals surface area contributed by atoms with Gasteiger partial charge in [0.2, 0.25) is 5.88 Å². The third-order valence-electron chi connectivity index (χ3n) is 5.76. The summed E-state index contributed by atoms with van der Waals surface area (Å²) in [5.41, 5.74) is -0.0854. The first-order chi connectivity index (χ1) is 18.7. The van der Waals surface area contributed by atoms with Gasteiger partial charge in [-0.1, -0.05) is 18.2 Å². The number of benzene rings is 2. The van der Waals surface area contributed by atoms with E-state index >= 15 is 0 Å². The van der Waals surface area contributed by atoms with Crippen LogP contribution in [0.2, 0.25) is 0 Å². The molecule has 1 aliphatic carbocycles. The maximum Gasteiger partial charge on any atom is 0.417 e. The van der Waals surface area contributed by atoms with Crippen LogP contribution in [0, 0.1) is 18.7 Å². The fraction of sp³-hybridized carbons (Fsp3) is 0.357. The molecule has 0 atom stereocenters. The highest BCUT2D eigenvalue weighted by atomic mass is 32.2. The van der Waals surface area contributed by atoms with Crippen molar-refractivity contribution in [2.75, 3.05) is 18.6 Å². The predicted octanol–water partition coefficient (Wildman–Crippen LogP) is 6.09. The third kappa shape index (κ3) is 9.82. The van der Waals surface area contributed by atoms with E-state index in [-0.39, 0.29) is 53.9 Å². The molecule has 1 saturated carbocycles. The SMILES string of the molecule is Cc1cccc(OCc2cc(-c3cnc(OCCCS(C)(=O)=O)cc3C(F)(F)F)ccc2F)c1.O=C(O)C1CC1. The Balaban J connectivity index is 0.000000649. The van der Waals surface area contributed by atoms with Crippen LogP contribution in [0.25, 0.3) is 11.1 Å². The molecule has 0 amide bonds. The molecule has 0 spiro atoms. The molecule has 0 saturated heterocycles. The quantitative estimate of drug-likeness (QED) is 0.228. The minimum absolute atomic E-state index is 0.0185. The molecule has 4 rings (SSSR count). The molecule has 2 aromatic carbocycles. The molecule has 1 aliphatic rings. The van der Waals surface area contributed by atoms with Crippen LogP contribution in [0.1, 0.15) is 36.0 Å². The normalized spacial score (nSPS) is 13.2. The van der Waals surface area contributed by atoms with E-state index in [1.165, 1.54) is 12.1 Å². The molecule has 7 nitrogen and oxygen atoms in total. The Kier molecular flexibility index (Phi) is 10.1. The van der Waals surface area contributed by atoms with Gasteiger partial charge in [-0.05, 0) is 61.6 Å². The van der Waals surface area contributed by atoms with Crippen molar-refractivity contribution in [2.45, 2.75) is 39.0 Å². The lowest BCUT2D eigenvalue weighted by Gasteiger charge is -2.16. The van der Waals surface area contributed by atoms with Crippen molar-refractivity contribution in [3.8, 4) is 22.8 Å². The molecule has 0 aliphatic heterocycles. The molecule has 40 heavy (non-hydrogen) atoms. The molecule has 1 heterocycles. The number of hydrogen-bond donors (Lipinski definition) is 1. The Bertz CT molecular complexity index is 1440. The van der Waals surface area contributed by atoms with Crippen LogP contribution in [0.5, 0.6) is 11.6 Å². The van der Waals surface area contributed by atoms with Gasteiger partial charge in [0, 0.05) is 29.6 Å². The van der Waals surface area contributed by atoms with Crippen LogP contribution < -0.4 is 9.47 Å². The number of aromatic nitrogens is 1. The van der Waals surface area contributed by atoms with Crippen molar-refractivity contribution in [1.29, 1.82) is 0 Å². The van der Waals surface area contributed by atoms with Gasteiger partial charge in [0.05, 0.1) is 23.8 Å². The van der Waals surface area contributed by atoms with Crippen molar-refractivity contribution >= 4 is 15.8 Å². The smallest absolute Gasteiger partial charge is 0.417 e. The average Bonchev–Trinajstić information content (AvgIpc) is 3.72. The third-order valence-corrected chi connectivity index (χ3v) is 6.79. The van der Waals surface area contributed by atoms with E-state index in [9.17, 15) is 30.8 Å². The first-order valence-corrected chi connectivity index (χ1v) is 14.4. The number of carbonyl (C=O) groups is 1. The number of halogens is 4. The Morgan fingerprint density at radius 1 is 1.10 bits per heavy atom. The molecule has 1 N–H and O–H groups in total. The number of aliphatic carboxylic acids is 1. The standard InChI is InChI=1S/C24H23F4NO4S.C4H6O2/c1-16-5-3-6-19(11-16)33-15-18-12-17(7-8-22(18)25)20-14-29-23(13-21(20)24(26,27)28)32-9-4-10-34(2,30)31;5-4(6)3-1-2-3/h3,5-8,11-14H,4,9-10,15H2,1-2H3;3H,1-2H2,(H,5,6). The molecule has 3 aromatic rings. The predicted molar refractivity (Wildman–Crippen MR) is 140 cm³/mol. The summed E-state index contributed by atoms with van der Waals surface area (Å²) in [6.07, 6.45) is -0.746. The minimum Gasteiger partial charge on any atom is -0.489 e. The van der Waals surface area contributed by atoms with E-state index in [0.717, 1.165) is 43.0 Å². The van der Waals surface area contributed by atoms with E-state index in [1.54, 1.807) is 18.2 Å². The van der Waals surface area contributed by atoms with Gasteiger partial charge < -0.3 is 14.6 Å². The zero-order valence-electron chi connectivity index (χ0n) is 21.9. The number of hydrogen-bond acceptors (Lipinski definition) is 6. The lowest BCUT2D eigenvalue weighted by atomic mass is 9.99. The number of alkyl halides is 3. The second-order valence-corrected chi connectivity index (χ2v) is 11.7. The summed E-state index contributed by atoms with van der Waals surface area (Å²) >= 11 is 0. The summed E-state index contributed by atoms with van der Waals surface area (Å²) in [5.74, 6) is -1.14. The highest BCUT2D eigenvalue weighted by Crippen LogP contribution is 2.39. The molecule has 0 radical (unpaired) electrons. The van der Waals surface area contributed by atoms with Crippen LogP contribution in [-0.4, -0.2) is 43.1 Å².